The molecule has 0 bridgehead atoms. The maximum atomic E-state index is 13.0. The highest BCUT2D eigenvalue weighted by Gasteiger charge is 2.57. The highest BCUT2D eigenvalue weighted by atomic mass is 35.5. The van der Waals surface area contributed by atoms with Crippen LogP contribution in [-0.2, 0) is 0 Å². The largest absolute Gasteiger partial charge is 0.484 e. The number of Topliss-reactive ketones (excluding diaryl/α,β-unsaturated/α-hetero) is 1. The summed E-state index contributed by atoms with van der Waals surface area (Å²) in [7, 11) is 0. The van der Waals surface area contributed by atoms with Gasteiger partial charge in [0, 0.05) is 5.69 Å². The predicted octanol–water partition coefficient (Wildman–Crippen LogP) is 5.35. The van der Waals surface area contributed by atoms with Crippen molar-refractivity contribution < 1.29 is 9.53 Å². The minimum absolute atomic E-state index is 0.141. The lowest BCUT2D eigenvalue weighted by atomic mass is 9.92. The topological polar surface area (TPSA) is 38.3 Å². The van der Waals surface area contributed by atoms with Crippen molar-refractivity contribution in [3.63, 3.8) is 0 Å². The van der Waals surface area contributed by atoms with Crippen LogP contribution in [0.3, 0.4) is 0 Å². The first-order valence-corrected chi connectivity index (χ1v) is 8.96. The fraction of sp³-hybridized carbons (Fsp3) is 0.316. The Morgan fingerprint density at radius 3 is 2.38 bits per heavy atom. The third-order valence-electron chi connectivity index (χ3n) is 4.09. The number of rotatable bonds is 3. The summed E-state index contributed by atoms with van der Waals surface area (Å²) in [5, 5.41) is 0. The van der Waals surface area contributed by atoms with E-state index in [1.807, 2.05) is 52.0 Å². The summed E-state index contributed by atoms with van der Waals surface area (Å²) in [4.78, 5) is 13.0. The molecule has 0 fully saturated rings. The van der Waals surface area contributed by atoms with Crippen molar-refractivity contribution in [2.24, 2.45) is 0 Å². The number of ether oxygens (including phenoxy) is 1. The number of anilines is 1. The predicted molar refractivity (Wildman–Crippen MR) is 101 cm³/mol. The minimum atomic E-state index is -1.26. The van der Waals surface area contributed by atoms with E-state index in [2.05, 4.69) is 10.8 Å². The summed E-state index contributed by atoms with van der Waals surface area (Å²) >= 11 is 7.99. The fourth-order valence-corrected chi connectivity index (χ4v) is 3.99. The van der Waals surface area contributed by atoms with Crippen LogP contribution in [-0.4, -0.2) is 15.6 Å². The summed E-state index contributed by atoms with van der Waals surface area (Å²) in [6.07, 6.45) is 0. The number of halogens is 1. The first-order valence-electron chi connectivity index (χ1n) is 7.77. The SMILES string of the molecule is Cc1cc(C)cc(NSC2(Cl)C(=O)c3ccccc3OC2(C)C)c1. The van der Waals surface area contributed by atoms with Crippen LogP contribution in [0.15, 0.2) is 42.5 Å². The molecule has 0 saturated carbocycles. The Morgan fingerprint density at radius 2 is 1.71 bits per heavy atom. The Labute approximate surface area is 151 Å². The van der Waals surface area contributed by atoms with Crippen LogP contribution in [0.2, 0.25) is 0 Å². The fourth-order valence-electron chi connectivity index (χ4n) is 2.86. The van der Waals surface area contributed by atoms with Gasteiger partial charge in [-0.15, -0.1) is 0 Å². The van der Waals surface area contributed by atoms with E-state index in [4.69, 9.17) is 16.3 Å². The van der Waals surface area contributed by atoms with E-state index in [1.54, 1.807) is 12.1 Å². The molecular formula is C19H20ClNO2S. The van der Waals surface area contributed by atoms with Crippen LogP contribution >= 0.6 is 23.5 Å². The molecule has 0 aliphatic carbocycles. The number of aryl methyl sites for hydroxylation is 2. The van der Waals surface area contributed by atoms with Gasteiger partial charge in [0.15, 0.2) is 0 Å². The van der Waals surface area contributed by atoms with Gasteiger partial charge >= 0.3 is 0 Å². The molecule has 0 spiro atoms. The van der Waals surface area contributed by atoms with Crippen molar-refractivity contribution in [3.8, 4) is 5.75 Å². The molecule has 24 heavy (non-hydrogen) atoms. The second-order valence-electron chi connectivity index (χ2n) is 6.61. The Hall–Kier alpha value is -1.65. The van der Waals surface area contributed by atoms with Gasteiger partial charge < -0.3 is 9.46 Å². The maximum Gasteiger partial charge on any atom is 0.210 e. The molecular weight excluding hydrogens is 342 g/mol. The van der Waals surface area contributed by atoms with E-state index in [9.17, 15) is 4.79 Å². The first kappa shape index (κ1) is 17.2. The van der Waals surface area contributed by atoms with Crippen molar-refractivity contribution in [1.82, 2.24) is 0 Å². The number of ketones is 1. The van der Waals surface area contributed by atoms with Crippen molar-refractivity contribution in [2.75, 3.05) is 4.72 Å². The Morgan fingerprint density at radius 1 is 1.08 bits per heavy atom. The van der Waals surface area contributed by atoms with Gasteiger partial charge in [0.1, 0.15) is 11.4 Å². The van der Waals surface area contributed by atoms with E-state index in [-0.39, 0.29) is 5.78 Å². The lowest BCUT2D eigenvalue weighted by Gasteiger charge is -2.43. The average molecular weight is 362 g/mol. The van der Waals surface area contributed by atoms with E-state index < -0.39 is 9.81 Å². The van der Waals surface area contributed by atoms with Crippen molar-refractivity contribution in [2.45, 2.75) is 37.5 Å². The molecule has 0 saturated heterocycles. The minimum Gasteiger partial charge on any atom is -0.484 e. The molecule has 3 nitrogen and oxygen atoms in total. The van der Waals surface area contributed by atoms with Crippen LogP contribution < -0.4 is 9.46 Å². The number of carbonyl (C=O) groups excluding carboxylic acids is 1. The van der Waals surface area contributed by atoms with Gasteiger partial charge in [-0.25, -0.2) is 0 Å². The Kier molecular flexibility index (Phi) is 4.30. The van der Waals surface area contributed by atoms with Gasteiger partial charge in [0.2, 0.25) is 9.99 Å². The quantitative estimate of drug-likeness (QED) is 0.590. The van der Waals surface area contributed by atoms with Gasteiger partial charge in [0.05, 0.1) is 5.56 Å². The molecule has 126 valence electrons. The highest BCUT2D eigenvalue weighted by molar-refractivity contribution is 8.04. The van der Waals surface area contributed by atoms with Crippen molar-refractivity contribution >= 4 is 35.0 Å². The molecule has 1 aliphatic rings. The van der Waals surface area contributed by atoms with Crippen molar-refractivity contribution in [1.29, 1.82) is 0 Å². The highest BCUT2D eigenvalue weighted by Crippen LogP contribution is 2.49. The number of alkyl halides is 1. The average Bonchev–Trinajstić information content (AvgIpc) is 2.50. The normalized spacial score (nSPS) is 21.8. The molecule has 1 N–H and O–H groups in total. The molecule has 1 aliphatic heterocycles. The summed E-state index contributed by atoms with van der Waals surface area (Å²) in [5.41, 5.74) is 2.87. The zero-order chi connectivity index (χ0) is 17.5. The number of hydrogen-bond acceptors (Lipinski definition) is 4. The molecule has 0 radical (unpaired) electrons. The second kappa shape index (κ2) is 6.01. The van der Waals surface area contributed by atoms with E-state index in [0.717, 1.165) is 16.8 Å². The number of fused-ring (bicyclic) bond motifs is 1. The smallest absolute Gasteiger partial charge is 0.210 e. The third-order valence-corrected chi connectivity index (χ3v) is 6.25. The third kappa shape index (κ3) is 2.89. The molecule has 2 aromatic carbocycles. The summed E-state index contributed by atoms with van der Waals surface area (Å²) in [6.45, 7) is 7.75. The van der Waals surface area contributed by atoms with E-state index in [0.29, 0.717) is 11.3 Å². The molecule has 2 aromatic rings. The molecule has 1 heterocycles. The Balaban J connectivity index is 1.92. The second-order valence-corrected chi connectivity index (χ2v) is 8.43. The monoisotopic (exact) mass is 361 g/mol. The lowest BCUT2D eigenvalue weighted by Crippen LogP contribution is -2.56. The van der Waals surface area contributed by atoms with E-state index >= 15 is 0 Å². The number of hydrogen-bond donors (Lipinski definition) is 1. The summed E-state index contributed by atoms with van der Waals surface area (Å²) in [5.74, 6) is 0.439. The summed E-state index contributed by atoms with van der Waals surface area (Å²) in [6, 6.07) is 13.4. The number of nitrogens with one attached hydrogen (secondary N) is 1. The van der Waals surface area contributed by atoms with Crippen molar-refractivity contribution in [3.05, 3.63) is 59.2 Å². The van der Waals surface area contributed by atoms with Gasteiger partial charge in [-0.05, 0) is 75.0 Å². The maximum absolute atomic E-state index is 13.0. The molecule has 5 heteroatoms. The van der Waals surface area contributed by atoms with Gasteiger partial charge in [-0.1, -0.05) is 29.8 Å². The van der Waals surface area contributed by atoms with Crippen LogP contribution in [0.1, 0.15) is 35.3 Å². The molecule has 1 unspecified atom stereocenters. The van der Waals surface area contributed by atoms with Gasteiger partial charge in [-0.2, -0.15) is 0 Å². The van der Waals surface area contributed by atoms with Crippen LogP contribution in [0.4, 0.5) is 5.69 Å². The zero-order valence-corrected chi connectivity index (χ0v) is 15.7. The number of para-hydroxylation sites is 1. The van der Waals surface area contributed by atoms with Crippen LogP contribution in [0.25, 0.3) is 0 Å². The number of carbonyl (C=O) groups is 1. The number of benzene rings is 2. The van der Waals surface area contributed by atoms with Gasteiger partial charge in [-0.3, -0.25) is 4.79 Å². The molecule has 3 rings (SSSR count). The Bertz CT molecular complexity index is 785. The molecule has 0 amide bonds. The van der Waals surface area contributed by atoms with Crippen LogP contribution in [0.5, 0.6) is 5.75 Å². The summed E-state index contributed by atoms with van der Waals surface area (Å²) < 4.78 is 8.00. The van der Waals surface area contributed by atoms with Gasteiger partial charge in [0.25, 0.3) is 0 Å². The standard InChI is InChI=1S/C19H20ClNO2S/c1-12-9-13(2)11-14(10-12)21-24-19(20)17(22)15-7-5-6-8-16(15)23-18(19,3)4/h5-11,21H,1-4H3. The molecule has 0 aromatic heterocycles. The lowest BCUT2D eigenvalue weighted by molar-refractivity contribution is 0.0579. The van der Waals surface area contributed by atoms with E-state index in [1.165, 1.54) is 11.9 Å². The zero-order valence-electron chi connectivity index (χ0n) is 14.1. The van der Waals surface area contributed by atoms with Crippen LogP contribution in [0, 0.1) is 13.8 Å². The molecule has 1 atom stereocenters. The first-order chi connectivity index (χ1) is 11.2.